The van der Waals surface area contributed by atoms with E-state index in [0.29, 0.717) is 13.1 Å². The highest BCUT2D eigenvalue weighted by Crippen LogP contribution is 2.31. The Morgan fingerprint density at radius 3 is 2.76 bits per heavy atom. The van der Waals surface area contributed by atoms with E-state index in [0.717, 1.165) is 30.5 Å². The monoisotopic (exact) mass is 344 g/mol. The Hall–Kier alpha value is -2.37. The van der Waals surface area contributed by atoms with Crippen LogP contribution in [0.15, 0.2) is 24.3 Å². The summed E-state index contributed by atoms with van der Waals surface area (Å²) in [4.78, 5) is 39.8. The van der Waals surface area contributed by atoms with Crippen molar-refractivity contribution in [3.63, 3.8) is 0 Å². The minimum absolute atomic E-state index is 0.0191. The van der Waals surface area contributed by atoms with Gasteiger partial charge in [0, 0.05) is 31.2 Å². The lowest BCUT2D eigenvalue weighted by Gasteiger charge is -2.26. The molecule has 0 bridgehead atoms. The molecule has 0 radical (unpaired) electrons. The predicted octanol–water partition coefficient (Wildman–Crippen LogP) is 2.07. The number of hydrogen-bond donors (Lipinski definition) is 1. The molecule has 0 saturated carbocycles. The van der Waals surface area contributed by atoms with Gasteiger partial charge in [0.25, 0.3) is 0 Å². The fourth-order valence-corrected chi connectivity index (χ4v) is 3.95. The highest BCUT2D eigenvalue weighted by atomic mass is 16.4. The Morgan fingerprint density at radius 1 is 1.28 bits per heavy atom. The summed E-state index contributed by atoms with van der Waals surface area (Å²) in [5.41, 5.74) is 1.97. The molecule has 2 aliphatic rings. The number of carbonyl (C=O) groups excluding carboxylic acids is 2. The van der Waals surface area contributed by atoms with Gasteiger partial charge in [0.1, 0.15) is 0 Å². The van der Waals surface area contributed by atoms with Crippen molar-refractivity contribution >= 4 is 23.5 Å². The van der Waals surface area contributed by atoms with Crippen molar-refractivity contribution in [2.45, 2.75) is 45.1 Å². The van der Waals surface area contributed by atoms with Gasteiger partial charge in [-0.25, -0.2) is 0 Å². The Morgan fingerprint density at radius 2 is 2.04 bits per heavy atom. The van der Waals surface area contributed by atoms with E-state index < -0.39 is 5.97 Å². The highest BCUT2D eigenvalue weighted by Gasteiger charge is 2.40. The Bertz CT molecular complexity index is 688. The van der Waals surface area contributed by atoms with Crippen LogP contribution in [-0.2, 0) is 20.8 Å². The van der Waals surface area contributed by atoms with Gasteiger partial charge >= 0.3 is 5.97 Å². The Kier molecular flexibility index (Phi) is 5.06. The molecule has 2 aliphatic heterocycles. The number of likely N-dealkylation sites (tertiary alicyclic amines) is 1. The molecule has 2 unspecified atom stereocenters. The van der Waals surface area contributed by atoms with Crippen LogP contribution in [0.25, 0.3) is 0 Å². The van der Waals surface area contributed by atoms with Crippen molar-refractivity contribution in [1.29, 1.82) is 0 Å². The molecule has 0 aliphatic carbocycles. The zero-order valence-electron chi connectivity index (χ0n) is 14.5. The first-order chi connectivity index (χ1) is 12.0. The average molecular weight is 344 g/mol. The number of carboxylic acid groups (broad SMARTS) is 1. The van der Waals surface area contributed by atoms with E-state index in [-0.39, 0.29) is 36.6 Å². The van der Waals surface area contributed by atoms with E-state index >= 15 is 0 Å². The molecule has 6 nitrogen and oxygen atoms in total. The number of carbonyl (C=O) groups is 3. The van der Waals surface area contributed by atoms with Crippen LogP contribution >= 0.6 is 0 Å². The van der Waals surface area contributed by atoms with E-state index in [9.17, 15) is 14.4 Å². The number of carboxylic acids is 1. The summed E-state index contributed by atoms with van der Waals surface area (Å²) in [5, 5.41) is 9.03. The molecule has 2 amide bonds. The van der Waals surface area contributed by atoms with Crippen LogP contribution in [0.4, 0.5) is 5.69 Å². The van der Waals surface area contributed by atoms with Crippen molar-refractivity contribution < 1.29 is 19.5 Å². The third-order valence-electron chi connectivity index (χ3n) is 5.21. The van der Waals surface area contributed by atoms with Gasteiger partial charge in [-0.05, 0) is 30.9 Å². The molecule has 2 fully saturated rings. The molecule has 6 heteroatoms. The number of anilines is 1. The molecule has 1 N–H and O–H groups in total. The molecule has 2 atom stereocenters. The van der Waals surface area contributed by atoms with Gasteiger partial charge in [0.05, 0.1) is 12.3 Å². The quantitative estimate of drug-likeness (QED) is 0.887. The topological polar surface area (TPSA) is 77.9 Å². The van der Waals surface area contributed by atoms with E-state index in [1.54, 1.807) is 9.80 Å². The lowest BCUT2D eigenvalue weighted by atomic mass is 10.1. The number of para-hydroxylation sites is 1. The molecule has 1 aromatic carbocycles. The molecule has 2 heterocycles. The van der Waals surface area contributed by atoms with Crippen molar-refractivity contribution in [2.75, 3.05) is 18.0 Å². The van der Waals surface area contributed by atoms with E-state index in [2.05, 4.69) is 0 Å². The van der Waals surface area contributed by atoms with Gasteiger partial charge in [0.2, 0.25) is 11.8 Å². The van der Waals surface area contributed by atoms with Crippen molar-refractivity contribution in [1.82, 2.24) is 4.90 Å². The first-order valence-corrected chi connectivity index (χ1v) is 8.91. The predicted molar refractivity (Wildman–Crippen MR) is 93.3 cm³/mol. The van der Waals surface area contributed by atoms with Crippen molar-refractivity contribution in [3.8, 4) is 0 Å². The van der Waals surface area contributed by atoms with Gasteiger partial charge in [-0.3, -0.25) is 14.4 Å². The standard InChI is InChI=1S/C19H24N2O4/c1-2-13-6-3-4-8-16(13)21-12-14(10-17(21)22)19(25)20-9-5-7-15(20)11-18(23)24/h3-4,6,8,14-15H,2,5,7,9-12H2,1H3,(H,23,24). The zero-order chi connectivity index (χ0) is 18.0. The summed E-state index contributed by atoms with van der Waals surface area (Å²) >= 11 is 0. The van der Waals surface area contributed by atoms with Crippen molar-refractivity contribution in [3.05, 3.63) is 29.8 Å². The van der Waals surface area contributed by atoms with Gasteiger partial charge in [-0.2, -0.15) is 0 Å². The van der Waals surface area contributed by atoms with Gasteiger partial charge < -0.3 is 14.9 Å². The number of aliphatic carboxylic acids is 1. The smallest absolute Gasteiger partial charge is 0.305 e. The number of nitrogens with zero attached hydrogens (tertiary/aromatic N) is 2. The van der Waals surface area contributed by atoms with Crippen LogP contribution in [0.5, 0.6) is 0 Å². The summed E-state index contributed by atoms with van der Waals surface area (Å²) in [5.74, 6) is -1.38. The number of amides is 2. The summed E-state index contributed by atoms with van der Waals surface area (Å²) in [7, 11) is 0. The normalized spacial score (nSPS) is 23.3. The van der Waals surface area contributed by atoms with Crippen LogP contribution in [0.3, 0.4) is 0 Å². The van der Waals surface area contributed by atoms with Crippen LogP contribution in [-0.4, -0.2) is 46.9 Å². The first kappa shape index (κ1) is 17.5. The average Bonchev–Trinajstić information content (AvgIpc) is 3.20. The van der Waals surface area contributed by atoms with Gasteiger partial charge in [0.15, 0.2) is 0 Å². The van der Waals surface area contributed by atoms with Crippen LogP contribution < -0.4 is 4.90 Å². The fourth-order valence-electron chi connectivity index (χ4n) is 3.95. The maximum atomic E-state index is 12.9. The first-order valence-electron chi connectivity index (χ1n) is 8.91. The Labute approximate surface area is 147 Å². The highest BCUT2D eigenvalue weighted by molar-refractivity contribution is 6.01. The summed E-state index contributed by atoms with van der Waals surface area (Å²) in [6.07, 6.45) is 2.56. The SMILES string of the molecule is CCc1ccccc1N1CC(C(=O)N2CCCC2CC(=O)O)CC1=O. The molecule has 2 saturated heterocycles. The maximum absolute atomic E-state index is 12.9. The molecule has 0 spiro atoms. The number of aryl methyl sites for hydroxylation is 1. The number of hydrogen-bond acceptors (Lipinski definition) is 3. The lowest BCUT2D eigenvalue weighted by Crippen LogP contribution is -2.41. The number of rotatable bonds is 5. The Balaban J connectivity index is 1.74. The second kappa shape index (κ2) is 7.25. The summed E-state index contributed by atoms with van der Waals surface area (Å²) in [6.45, 7) is 3.01. The van der Waals surface area contributed by atoms with Crippen LogP contribution in [0.2, 0.25) is 0 Å². The summed E-state index contributed by atoms with van der Waals surface area (Å²) in [6, 6.07) is 7.54. The molecular formula is C19H24N2O4. The lowest BCUT2D eigenvalue weighted by molar-refractivity contribution is -0.141. The largest absolute Gasteiger partial charge is 0.481 e. The van der Waals surface area contributed by atoms with Gasteiger partial charge in [-0.1, -0.05) is 25.1 Å². The van der Waals surface area contributed by atoms with Crippen molar-refractivity contribution in [2.24, 2.45) is 5.92 Å². The van der Waals surface area contributed by atoms with E-state index in [4.69, 9.17) is 5.11 Å². The molecule has 134 valence electrons. The third kappa shape index (κ3) is 3.52. The van der Waals surface area contributed by atoms with E-state index in [1.807, 2.05) is 31.2 Å². The zero-order valence-corrected chi connectivity index (χ0v) is 14.5. The molecule has 25 heavy (non-hydrogen) atoms. The second-order valence-corrected chi connectivity index (χ2v) is 6.81. The molecule has 3 rings (SSSR count). The molecule has 1 aromatic rings. The second-order valence-electron chi connectivity index (χ2n) is 6.81. The number of benzene rings is 1. The molecule has 0 aromatic heterocycles. The van der Waals surface area contributed by atoms with Gasteiger partial charge in [-0.15, -0.1) is 0 Å². The van der Waals surface area contributed by atoms with E-state index in [1.165, 1.54) is 0 Å². The minimum Gasteiger partial charge on any atom is -0.481 e. The van der Waals surface area contributed by atoms with Crippen LogP contribution in [0, 0.1) is 5.92 Å². The molecular weight excluding hydrogens is 320 g/mol. The van der Waals surface area contributed by atoms with Crippen LogP contribution in [0.1, 0.15) is 38.2 Å². The third-order valence-corrected chi connectivity index (χ3v) is 5.21. The maximum Gasteiger partial charge on any atom is 0.305 e. The summed E-state index contributed by atoms with van der Waals surface area (Å²) < 4.78 is 0. The fraction of sp³-hybridized carbons (Fsp3) is 0.526. The minimum atomic E-state index is -0.884.